The second kappa shape index (κ2) is 3.49. The van der Waals surface area contributed by atoms with Crippen molar-refractivity contribution in [1.29, 1.82) is 0 Å². The number of carbonyl (C=O) groups is 1. The summed E-state index contributed by atoms with van der Waals surface area (Å²) >= 11 is 0. The van der Waals surface area contributed by atoms with E-state index in [0.717, 1.165) is 37.2 Å². The van der Waals surface area contributed by atoms with Crippen LogP contribution in [0.4, 0.5) is 10.5 Å². The van der Waals surface area contributed by atoms with E-state index in [1.807, 2.05) is 18.2 Å². The Morgan fingerprint density at radius 2 is 2.00 bits per heavy atom. The van der Waals surface area contributed by atoms with E-state index in [-0.39, 0.29) is 11.7 Å². The lowest BCUT2D eigenvalue weighted by Crippen LogP contribution is -2.87. The molecule has 3 rings (SSSR count). The topological polar surface area (TPSA) is 54.9 Å². The first kappa shape index (κ1) is 9.66. The number of ether oxygens (including phenoxy) is 1. The van der Waals surface area contributed by atoms with Gasteiger partial charge in [0.05, 0.1) is 18.8 Å². The van der Waals surface area contributed by atoms with Crippen LogP contribution >= 0.6 is 0 Å². The standard InChI is InChI=1S/C12H14N2O2/c15-11-14-10-4-2-1-3-9(10)12(16-11)5-7-13-8-6-12/h1-4,13H,5-8H2,(H,14,15)/p+1. The molecule has 0 atom stereocenters. The van der Waals surface area contributed by atoms with E-state index in [2.05, 4.69) is 16.7 Å². The Morgan fingerprint density at radius 1 is 1.25 bits per heavy atom. The molecule has 4 nitrogen and oxygen atoms in total. The first-order valence-electron chi connectivity index (χ1n) is 5.71. The van der Waals surface area contributed by atoms with Gasteiger partial charge in [-0.25, -0.2) is 4.79 Å². The molecular weight excluding hydrogens is 204 g/mol. The van der Waals surface area contributed by atoms with Gasteiger partial charge in [-0.2, -0.15) is 0 Å². The summed E-state index contributed by atoms with van der Waals surface area (Å²) < 4.78 is 5.57. The maximum Gasteiger partial charge on any atom is 0.412 e. The summed E-state index contributed by atoms with van der Waals surface area (Å²) in [5.74, 6) is 0. The number of benzene rings is 1. The number of quaternary nitrogens is 1. The molecule has 4 heteroatoms. The van der Waals surface area contributed by atoms with Gasteiger partial charge in [0.25, 0.3) is 0 Å². The minimum Gasteiger partial charge on any atom is -0.437 e. The zero-order valence-corrected chi connectivity index (χ0v) is 9.03. The second-order valence-electron chi connectivity index (χ2n) is 4.42. The summed E-state index contributed by atoms with van der Waals surface area (Å²) in [4.78, 5) is 11.6. The van der Waals surface area contributed by atoms with Crippen molar-refractivity contribution < 1.29 is 14.8 Å². The first-order valence-corrected chi connectivity index (χ1v) is 5.71. The quantitative estimate of drug-likeness (QED) is 0.678. The SMILES string of the molecule is O=C1Nc2ccccc2C2(CC[NH2+]CC2)O1. The van der Waals surface area contributed by atoms with Crippen LogP contribution < -0.4 is 10.6 Å². The van der Waals surface area contributed by atoms with Gasteiger partial charge in [-0.15, -0.1) is 0 Å². The number of rotatable bonds is 0. The molecule has 0 saturated carbocycles. The predicted octanol–water partition coefficient (Wildman–Crippen LogP) is 0.801. The van der Waals surface area contributed by atoms with Crippen molar-refractivity contribution in [3.05, 3.63) is 29.8 Å². The van der Waals surface area contributed by atoms with Gasteiger partial charge in [0, 0.05) is 18.4 Å². The third-order valence-corrected chi connectivity index (χ3v) is 3.45. The Morgan fingerprint density at radius 3 is 2.81 bits per heavy atom. The van der Waals surface area contributed by atoms with Crippen molar-refractivity contribution in [2.45, 2.75) is 18.4 Å². The lowest BCUT2D eigenvalue weighted by atomic mass is 9.83. The molecule has 0 aromatic heterocycles. The van der Waals surface area contributed by atoms with Gasteiger partial charge in [-0.05, 0) is 6.07 Å². The van der Waals surface area contributed by atoms with Gasteiger partial charge in [0.1, 0.15) is 0 Å². The molecule has 0 aliphatic carbocycles. The fraction of sp³-hybridized carbons (Fsp3) is 0.417. The molecule has 1 fully saturated rings. The number of anilines is 1. The number of fused-ring (bicyclic) bond motifs is 2. The van der Waals surface area contributed by atoms with Gasteiger partial charge in [-0.1, -0.05) is 18.2 Å². The highest BCUT2D eigenvalue weighted by Crippen LogP contribution is 2.41. The van der Waals surface area contributed by atoms with E-state index in [9.17, 15) is 4.79 Å². The second-order valence-corrected chi connectivity index (χ2v) is 4.42. The minimum absolute atomic E-state index is 0.319. The Kier molecular flexibility index (Phi) is 2.11. The van der Waals surface area contributed by atoms with Crippen LogP contribution in [0.5, 0.6) is 0 Å². The normalized spacial score (nSPS) is 22.1. The third-order valence-electron chi connectivity index (χ3n) is 3.45. The summed E-state index contributed by atoms with van der Waals surface area (Å²) in [6, 6.07) is 7.93. The van der Waals surface area contributed by atoms with E-state index in [1.165, 1.54) is 0 Å². The van der Waals surface area contributed by atoms with Crippen LogP contribution in [-0.2, 0) is 10.3 Å². The van der Waals surface area contributed by atoms with Crippen LogP contribution in [-0.4, -0.2) is 19.2 Å². The molecule has 0 radical (unpaired) electrons. The molecule has 1 spiro atoms. The molecule has 2 aliphatic heterocycles. The monoisotopic (exact) mass is 219 g/mol. The molecule has 2 aliphatic rings. The van der Waals surface area contributed by atoms with E-state index >= 15 is 0 Å². The van der Waals surface area contributed by atoms with E-state index in [0.29, 0.717) is 0 Å². The maximum atomic E-state index is 11.6. The number of nitrogens with one attached hydrogen (secondary N) is 1. The molecule has 1 aromatic rings. The summed E-state index contributed by atoms with van der Waals surface area (Å²) in [7, 11) is 0. The third kappa shape index (κ3) is 1.38. The smallest absolute Gasteiger partial charge is 0.412 e. The van der Waals surface area contributed by atoms with Crippen LogP contribution in [0.25, 0.3) is 0 Å². The van der Waals surface area contributed by atoms with Crippen molar-refractivity contribution in [3.8, 4) is 0 Å². The fourth-order valence-corrected chi connectivity index (χ4v) is 2.67. The van der Waals surface area contributed by atoms with Crippen molar-refractivity contribution in [3.63, 3.8) is 0 Å². The van der Waals surface area contributed by atoms with Gasteiger partial charge in [0.15, 0.2) is 5.60 Å². The van der Waals surface area contributed by atoms with Crippen molar-refractivity contribution in [2.24, 2.45) is 0 Å². The summed E-state index contributed by atoms with van der Waals surface area (Å²) in [5.41, 5.74) is 1.65. The number of hydrogen-bond acceptors (Lipinski definition) is 2. The molecule has 2 heterocycles. The number of piperidine rings is 1. The van der Waals surface area contributed by atoms with Crippen LogP contribution in [0.15, 0.2) is 24.3 Å². The van der Waals surface area contributed by atoms with Crippen LogP contribution in [0.1, 0.15) is 18.4 Å². The molecule has 0 unspecified atom stereocenters. The average molecular weight is 219 g/mol. The number of nitrogens with two attached hydrogens (primary N) is 1. The highest BCUT2D eigenvalue weighted by Gasteiger charge is 2.43. The largest absolute Gasteiger partial charge is 0.437 e. The van der Waals surface area contributed by atoms with E-state index in [1.54, 1.807) is 0 Å². The van der Waals surface area contributed by atoms with Gasteiger partial charge in [0.2, 0.25) is 0 Å². The Bertz CT molecular complexity index is 425. The molecule has 0 bridgehead atoms. The zero-order valence-electron chi connectivity index (χ0n) is 9.03. The number of amides is 1. The molecule has 1 saturated heterocycles. The summed E-state index contributed by atoms with van der Waals surface area (Å²) in [6.07, 6.45) is 1.48. The lowest BCUT2D eigenvalue weighted by molar-refractivity contribution is -0.668. The summed E-state index contributed by atoms with van der Waals surface area (Å²) in [6.45, 7) is 2.03. The van der Waals surface area contributed by atoms with Crippen molar-refractivity contribution in [1.82, 2.24) is 0 Å². The summed E-state index contributed by atoms with van der Waals surface area (Å²) in [5, 5.41) is 5.03. The van der Waals surface area contributed by atoms with Gasteiger partial charge in [-0.3, -0.25) is 5.32 Å². The first-order chi connectivity index (χ1) is 7.80. The van der Waals surface area contributed by atoms with Gasteiger partial charge < -0.3 is 10.1 Å². The molecule has 1 amide bonds. The zero-order chi connectivity index (χ0) is 11.0. The molecule has 1 aromatic carbocycles. The predicted molar refractivity (Wildman–Crippen MR) is 59.1 cm³/mol. The number of para-hydroxylation sites is 1. The highest BCUT2D eigenvalue weighted by atomic mass is 16.6. The number of carbonyl (C=O) groups excluding carboxylic acids is 1. The Balaban J connectivity index is 2.08. The Labute approximate surface area is 94.0 Å². The molecule has 3 N–H and O–H groups in total. The highest BCUT2D eigenvalue weighted by molar-refractivity contribution is 5.88. The number of hydrogen-bond donors (Lipinski definition) is 2. The van der Waals surface area contributed by atoms with Gasteiger partial charge >= 0.3 is 6.09 Å². The molecule has 84 valence electrons. The minimum atomic E-state index is -0.381. The lowest BCUT2D eigenvalue weighted by Gasteiger charge is -2.39. The van der Waals surface area contributed by atoms with Crippen molar-refractivity contribution in [2.75, 3.05) is 18.4 Å². The van der Waals surface area contributed by atoms with E-state index < -0.39 is 0 Å². The van der Waals surface area contributed by atoms with Crippen LogP contribution in [0, 0.1) is 0 Å². The van der Waals surface area contributed by atoms with Crippen LogP contribution in [0.3, 0.4) is 0 Å². The van der Waals surface area contributed by atoms with E-state index in [4.69, 9.17) is 4.74 Å². The fourth-order valence-electron chi connectivity index (χ4n) is 2.67. The molecule has 16 heavy (non-hydrogen) atoms. The molecular formula is C12H15N2O2+. The average Bonchev–Trinajstić information content (AvgIpc) is 2.30. The van der Waals surface area contributed by atoms with Crippen molar-refractivity contribution >= 4 is 11.8 Å². The van der Waals surface area contributed by atoms with Crippen LogP contribution in [0.2, 0.25) is 0 Å². The maximum absolute atomic E-state index is 11.6. The Hall–Kier alpha value is -1.55.